The van der Waals surface area contributed by atoms with Gasteiger partial charge in [0.05, 0.1) is 0 Å². The summed E-state index contributed by atoms with van der Waals surface area (Å²) < 4.78 is 0. The van der Waals surface area contributed by atoms with Gasteiger partial charge in [0.1, 0.15) is 6.04 Å². The molecule has 0 saturated heterocycles. The molecule has 2 aromatic carbocycles. The molecular weight excluding hydrogens is 260 g/mol. The third-order valence-corrected chi connectivity index (χ3v) is 3.50. The Labute approximate surface area is 126 Å². The lowest BCUT2D eigenvalue weighted by Gasteiger charge is -2.24. The summed E-state index contributed by atoms with van der Waals surface area (Å²) in [7, 11) is 3.56. The lowest BCUT2D eigenvalue weighted by molar-refractivity contribution is -0.129. The standard InChI is InChI=1S/C18H22N2O/c1-13-10-11-16(14(2)12-13)19-17(18(21)20(3)4)15-8-6-5-7-9-15/h5-12,17,19H,1-4H3/t17-/m1/s1. The van der Waals surface area contributed by atoms with Crippen LogP contribution in [0.1, 0.15) is 22.7 Å². The first-order valence-electron chi connectivity index (χ1n) is 7.09. The highest BCUT2D eigenvalue weighted by Crippen LogP contribution is 2.24. The van der Waals surface area contributed by atoms with Gasteiger partial charge in [-0.2, -0.15) is 0 Å². The summed E-state index contributed by atoms with van der Waals surface area (Å²) >= 11 is 0. The summed E-state index contributed by atoms with van der Waals surface area (Å²) in [6.07, 6.45) is 0. The maximum atomic E-state index is 12.5. The Balaban J connectivity index is 2.34. The molecule has 3 nitrogen and oxygen atoms in total. The zero-order chi connectivity index (χ0) is 15.4. The maximum Gasteiger partial charge on any atom is 0.249 e. The fraction of sp³-hybridized carbons (Fsp3) is 0.278. The number of nitrogens with one attached hydrogen (secondary N) is 1. The second-order valence-electron chi connectivity index (χ2n) is 5.54. The molecule has 3 heteroatoms. The van der Waals surface area contributed by atoms with Crippen LogP contribution in [0.25, 0.3) is 0 Å². The summed E-state index contributed by atoms with van der Waals surface area (Å²) in [5.41, 5.74) is 4.32. The normalized spacial score (nSPS) is 11.8. The molecule has 0 radical (unpaired) electrons. The van der Waals surface area contributed by atoms with Crippen LogP contribution in [-0.4, -0.2) is 24.9 Å². The number of hydrogen-bond acceptors (Lipinski definition) is 2. The van der Waals surface area contributed by atoms with Gasteiger partial charge in [-0.15, -0.1) is 0 Å². The van der Waals surface area contributed by atoms with Crippen LogP contribution in [0.15, 0.2) is 48.5 Å². The van der Waals surface area contributed by atoms with Crippen molar-refractivity contribution in [3.05, 3.63) is 65.2 Å². The molecule has 0 heterocycles. The van der Waals surface area contributed by atoms with Gasteiger partial charge in [-0.05, 0) is 31.0 Å². The van der Waals surface area contributed by atoms with Crippen LogP contribution in [0.2, 0.25) is 0 Å². The number of likely N-dealkylation sites (N-methyl/N-ethyl adjacent to an activating group) is 1. The Kier molecular flexibility index (Phi) is 4.63. The van der Waals surface area contributed by atoms with Gasteiger partial charge in [-0.1, -0.05) is 48.0 Å². The Morgan fingerprint density at radius 2 is 1.71 bits per heavy atom. The van der Waals surface area contributed by atoms with E-state index in [4.69, 9.17) is 0 Å². The van der Waals surface area contributed by atoms with Gasteiger partial charge < -0.3 is 10.2 Å². The average molecular weight is 282 g/mol. The first-order chi connectivity index (χ1) is 9.99. The smallest absolute Gasteiger partial charge is 0.249 e. The van der Waals surface area contributed by atoms with Crippen molar-refractivity contribution in [2.75, 3.05) is 19.4 Å². The first-order valence-corrected chi connectivity index (χ1v) is 7.09. The minimum absolute atomic E-state index is 0.0428. The number of benzene rings is 2. The van der Waals surface area contributed by atoms with E-state index in [1.807, 2.05) is 36.4 Å². The van der Waals surface area contributed by atoms with E-state index in [9.17, 15) is 4.79 Å². The number of hydrogen-bond donors (Lipinski definition) is 1. The lowest BCUT2D eigenvalue weighted by atomic mass is 10.0. The summed E-state index contributed by atoms with van der Waals surface area (Å²) in [5.74, 6) is 0.0428. The minimum Gasteiger partial charge on any atom is -0.370 e. The summed E-state index contributed by atoms with van der Waals surface area (Å²) in [5, 5.41) is 3.38. The molecule has 0 aliphatic rings. The predicted molar refractivity (Wildman–Crippen MR) is 87.4 cm³/mol. The van der Waals surface area contributed by atoms with E-state index in [-0.39, 0.29) is 11.9 Å². The summed E-state index contributed by atoms with van der Waals surface area (Å²) in [6, 6.07) is 15.6. The molecule has 2 rings (SSSR count). The molecule has 1 amide bonds. The lowest BCUT2D eigenvalue weighted by Crippen LogP contribution is -2.32. The van der Waals surface area contributed by atoms with Crippen molar-refractivity contribution in [2.24, 2.45) is 0 Å². The second kappa shape index (κ2) is 6.44. The van der Waals surface area contributed by atoms with Crippen LogP contribution in [0.4, 0.5) is 5.69 Å². The van der Waals surface area contributed by atoms with Gasteiger partial charge in [0.2, 0.25) is 5.91 Å². The van der Waals surface area contributed by atoms with Gasteiger partial charge >= 0.3 is 0 Å². The van der Waals surface area contributed by atoms with Crippen LogP contribution >= 0.6 is 0 Å². The third kappa shape index (κ3) is 3.63. The van der Waals surface area contributed by atoms with E-state index in [1.54, 1.807) is 19.0 Å². The molecule has 0 aromatic heterocycles. The van der Waals surface area contributed by atoms with Crippen LogP contribution in [0.3, 0.4) is 0 Å². The quantitative estimate of drug-likeness (QED) is 0.930. The van der Waals surface area contributed by atoms with Gasteiger partial charge in [0, 0.05) is 19.8 Å². The maximum absolute atomic E-state index is 12.5. The van der Waals surface area contributed by atoms with Crippen molar-refractivity contribution >= 4 is 11.6 Å². The van der Waals surface area contributed by atoms with Crippen LogP contribution in [0, 0.1) is 13.8 Å². The number of amides is 1. The fourth-order valence-electron chi connectivity index (χ4n) is 2.32. The van der Waals surface area contributed by atoms with Crippen molar-refractivity contribution in [3.63, 3.8) is 0 Å². The molecule has 1 atom stereocenters. The highest BCUT2D eigenvalue weighted by Gasteiger charge is 2.22. The molecule has 0 aliphatic heterocycles. The molecular formula is C18H22N2O. The van der Waals surface area contributed by atoms with Crippen molar-refractivity contribution in [2.45, 2.75) is 19.9 Å². The van der Waals surface area contributed by atoms with Crippen molar-refractivity contribution in [1.82, 2.24) is 4.90 Å². The monoisotopic (exact) mass is 282 g/mol. The number of rotatable bonds is 4. The molecule has 0 aliphatic carbocycles. The second-order valence-corrected chi connectivity index (χ2v) is 5.54. The van der Waals surface area contributed by atoms with Crippen molar-refractivity contribution < 1.29 is 4.79 Å². The number of nitrogens with zero attached hydrogens (tertiary/aromatic N) is 1. The van der Waals surface area contributed by atoms with Crippen LogP contribution in [-0.2, 0) is 4.79 Å². The molecule has 2 aromatic rings. The average Bonchev–Trinajstić information content (AvgIpc) is 2.46. The van der Waals surface area contributed by atoms with Crippen molar-refractivity contribution in [1.29, 1.82) is 0 Å². The van der Waals surface area contributed by atoms with Crippen LogP contribution < -0.4 is 5.32 Å². The zero-order valence-electron chi connectivity index (χ0n) is 13.1. The molecule has 0 spiro atoms. The minimum atomic E-state index is -0.373. The van der Waals surface area contributed by atoms with Gasteiger partial charge in [-0.3, -0.25) is 4.79 Å². The Morgan fingerprint density at radius 3 is 2.29 bits per heavy atom. The fourth-order valence-corrected chi connectivity index (χ4v) is 2.32. The Hall–Kier alpha value is -2.29. The van der Waals surface area contributed by atoms with Gasteiger partial charge in [-0.25, -0.2) is 0 Å². The number of aryl methyl sites for hydroxylation is 2. The first kappa shape index (κ1) is 15.1. The summed E-state index contributed by atoms with van der Waals surface area (Å²) in [6.45, 7) is 4.12. The van der Waals surface area contributed by atoms with Gasteiger partial charge in [0.25, 0.3) is 0 Å². The van der Waals surface area contributed by atoms with E-state index in [1.165, 1.54) is 5.56 Å². The Bertz CT molecular complexity index is 620. The molecule has 110 valence electrons. The molecule has 1 N–H and O–H groups in total. The van der Waals surface area contributed by atoms with E-state index < -0.39 is 0 Å². The third-order valence-electron chi connectivity index (χ3n) is 3.50. The molecule has 0 unspecified atom stereocenters. The van der Waals surface area contributed by atoms with E-state index in [0.29, 0.717) is 0 Å². The molecule has 0 bridgehead atoms. The van der Waals surface area contributed by atoms with Gasteiger partial charge in [0.15, 0.2) is 0 Å². The molecule has 21 heavy (non-hydrogen) atoms. The molecule has 0 saturated carbocycles. The van der Waals surface area contributed by atoms with E-state index >= 15 is 0 Å². The predicted octanol–water partition coefficient (Wildman–Crippen LogP) is 3.54. The number of carbonyl (C=O) groups is 1. The van der Waals surface area contributed by atoms with E-state index in [0.717, 1.165) is 16.8 Å². The summed E-state index contributed by atoms with van der Waals surface area (Å²) in [4.78, 5) is 14.1. The highest BCUT2D eigenvalue weighted by atomic mass is 16.2. The SMILES string of the molecule is Cc1ccc(N[C@@H](C(=O)N(C)C)c2ccccc2)c(C)c1. The number of anilines is 1. The molecule has 0 fully saturated rings. The topological polar surface area (TPSA) is 32.3 Å². The van der Waals surface area contributed by atoms with Crippen LogP contribution in [0.5, 0.6) is 0 Å². The van der Waals surface area contributed by atoms with Crippen molar-refractivity contribution in [3.8, 4) is 0 Å². The zero-order valence-corrected chi connectivity index (χ0v) is 13.1. The largest absolute Gasteiger partial charge is 0.370 e. The number of carbonyl (C=O) groups excluding carboxylic acids is 1. The van der Waals surface area contributed by atoms with E-state index in [2.05, 4.69) is 31.3 Å². The Morgan fingerprint density at radius 1 is 1.05 bits per heavy atom. The highest BCUT2D eigenvalue weighted by molar-refractivity contribution is 5.86.